The van der Waals surface area contributed by atoms with E-state index in [0.29, 0.717) is 17.7 Å². The molecule has 2 N–H and O–H groups in total. The zero-order chi connectivity index (χ0) is 17.8. The summed E-state index contributed by atoms with van der Waals surface area (Å²) in [6.45, 7) is 3.05. The number of carbonyl (C=O) groups is 1. The number of H-pyrrole nitrogens is 1. The molecule has 0 saturated carbocycles. The van der Waals surface area contributed by atoms with Gasteiger partial charge in [0.05, 0.1) is 5.52 Å². The molecule has 4 rings (SSSR count). The van der Waals surface area contributed by atoms with E-state index in [9.17, 15) is 4.79 Å². The summed E-state index contributed by atoms with van der Waals surface area (Å²) in [6.07, 6.45) is 2.43. The molecule has 1 unspecified atom stereocenters. The SMILES string of the molecule is O=C(NCC1CCCN(C2CSCCSC2)C1)c1n[nH]c2ccccc12. The molecule has 1 atom stereocenters. The number of hydrogen-bond acceptors (Lipinski definition) is 5. The summed E-state index contributed by atoms with van der Waals surface area (Å²) in [5, 5.41) is 11.2. The van der Waals surface area contributed by atoms with Crippen LogP contribution in [0.15, 0.2) is 24.3 Å². The molecule has 2 fully saturated rings. The van der Waals surface area contributed by atoms with Gasteiger partial charge in [0.1, 0.15) is 0 Å². The van der Waals surface area contributed by atoms with Crippen molar-refractivity contribution in [3.05, 3.63) is 30.0 Å². The molecule has 0 radical (unpaired) electrons. The molecule has 2 saturated heterocycles. The lowest BCUT2D eigenvalue weighted by Gasteiger charge is -2.37. The maximum absolute atomic E-state index is 12.6. The molecule has 2 aliphatic rings. The first-order chi connectivity index (χ1) is 12.8. The fraction of sp³-hybridized carbons (Fsp3) is 0.579. The number of amides is 1. The predicted octanol–water partition coefficient (Wildman–Crippen LogP) is 2.85. The first-order valence-electron chi connectivity index (χ1n) is 9.42. The highest BCUT2D eigenvalue weighted by atomic mass is 32.2. The maximum Gasteiger partial charge on any atom is 0.272 e. The van der Waals surface area contributed by atoms with Gasteiger partial charge in [-0.15, -0.1) is 0 Å². The van der Waals surface area contributed by atoms with Gasteiger partial charge in [-0.3, -0.25) is 14.8 Å². The van der Waals surface area contributed by atoms with Gasteiger partial charge in [-0.05, 0) is 31.4 Å². The van der Waals surface area contributed by atoms with Gasteiger partial charge in [0.2, 0.25) is 0 Å². The summed E-state index contributed by atoms with van der Waals surface area (Å²) in [5.74, 6) is 5.55. The lowest BCUT2D eigenvalue weighted by molar-refractivity contribution is 0.0921. The number of nitrogens with one attached hydrogen (secondary N) is 2. The van der Waals surface area contributed by atoms with Crippen molar-refractivity contribution in [2.24, 2.45) is 5.92 Å². The molecule has 1 aromatic carbocycles. The summed E-state index contributed by atoms with van der Waals surface area (Å²) in [4.78, 5) is 15.2. The molecule has 1 aromatic heterocycles. The maximum atomic E-state index is 12.6. The average Bonchev–Trinajstić information content (AvgIpc) is 2.92. The second-order valence-corrected chi connectivity index (χ2v) is 9.43. The van der Waals surface area contributed by atoms with Gasteiger partial charge in [-0.1, -0.05) is 18.2 Å². The van der Waals surface area contributed by atoms with Crippen molar-refractivity contribution in [2.75, 3.05) is 42.6 Å². The van der Waals surface area contributed by atoms with E-state index in [-0.39, 0.29) is 5.91 Å². The van der Waals surface area contributed by atoms with E-state index < -0.39 is 0 Å². The van der Waals surface area contributed by atoms with Crippen LogP contribution >= 0.6 is 23.5 Å². The topological polar surface area (TPSA) is 61.0 Å². The van der Waals surface area contributed by atoms with E-state index in [2.05, 4.69) is 43.9 Å². The van der Waals surface area contributed by atoms with Gasteiger partial charge in [0.15, 0.2) is 5.69 Å². The predicted molar refractivity (Wildman–Crippen MR) is 111 cm³/mol. The lowest BCUT2D eigenvalue weighted by Crippen LogP contribution is -2.47. The number of likely N-dealkylation sites (tertiary alicyclic amines) is 1. The summed E-state index contributed by atoms with van der Waals surface area (Å²) >= 11 is 4.18. The summed E-state index contributed by atoms with van der Waals surface area (Å²) in [7, 11) is 0. The molecule has 0 aliphatic carbocycles. The van der Waals surface area contributed by atoms with Gasteiger partial charge in [0, 0.05) is 47.5 Å². The number of hydrogen-bond donors (Lipinski definition) is 2. The van der Waals surface area contributed by atoms with Gasteiger partial charge in [-0.25, -0.2) is 0 Å². The Kier molecular flexibility index (Phi) is 6.07. The Morgan fingerprint density at radius 3 is 2.92 bits per heavy atom. The Labute approximate surface area is 163 Å². The molecule has 2 aliphatic heterocycles. The summed E-state index contributed by atoms with van der Waals surface area (Å²) in [6, 6.07) is 8.47. The summed E-state index contributed by atoms with van der Waals surface area (Å²) < 4.78 is 0. The van der Waals surface area contributed by atoms with Crippen molar-refractivity contribution >= 4 is 40.3 Å². The fourth-order valence-electron chi connectivity index (χ4n) is 3.87. The van der Waals surface area contributed by atoms with E-state index in [0.717, 1.165) is 24.0 Å². The molecule has 26 heavy (non-hydrogen) atoms. The van der Waals surface area contributed by atoms with E-state index in [1.165, 1.54) is 42.4 Å². The molecule has 5 nitrogen and oxygen atoms in total. The minimum atomic E-state index is -0.0693. The standard InChI is InChI=1S/C19H26N4OS2/c24-19(18-16-5-1-2-6-17(16)21-22-18)20-10-14-4-3-7-23(11-14)15-12-25-8-9-26-13-15/h1-2,5-6,14-15H,3-4,7-13H2,(H,20,24)(H,21,22). The van der Waals surface area contributed by atoms with Crippen LogP contribution in [0.3, 0.4) is 0 Å². The zero-order valence-corrected chi connectivity index (χ0v) is 16.6. The Morgan fingerprint density at radius 1 is 1.27 bits per heavy atom. The number of rotatable bonds is 4. The highest BCUT2D eigenvalue weighted by Crippen LogP contribution is 2.25. The smallest absolute Gasteiger partial charge is 0.272 e. The molecule has 140 valence electrons. The van der Waals surface area contributed by atoms with Gasteiger partial charge < -0.3 is 5.32 Å². The third-order valence-corrected chi connectivity index (χ3v) is 7.78. The Bertz CT molecular complexity index is 742. The van der Waals surface area contributed by atoms with Crippen LogP contribution in [0.4, 0.5) is 0 Å². The van der Waals surface area contributed by atoms with Crippen molar-refractivity contribution in [1.82, 2.24) is 20.4 Å². The van der Waals surface area contributed by atoms with Crippen LogP contribution in [-0.4, -0.2) is 69.7 Å². The number of carbonyl (C=O) groups excluding carboxylic acids is 1. The molecule has 2 aromatic rings. The quantitative estimate of drug-likeness (QED) is 0.841. The van der Waals surface area contributed by atoms with Crippen molar-refractivity contribution in [1.29, 1.82) is 0 Å². The number of benzene rings is 1. The molecule has 0 bridgehead atoms. The molecule has 1 amide bonds. The number of nitrogens with zero attached hydrogens (tertiary/aromatic N) is 2. The van der Waals surface area contributed by atoms with Crippen molar-refractivity contribution in [3.8, 4) is 0 Å². The first-order valence-corrected chi connectivity index (χ1v) is 11.7. The van der Waals surface area contributed by atoms with Gasteiger partial charge in [0.25, 0.3) is 5.91 Å². The Hall–Kier alpha value is -1.18. The summed E-state index contributed by atoms with van der Waals surface area (Å²) in [5.41, 5.74) is 1.41. The highest BCUT2D eigenvalue weighted by molar-refractivity contribution is 8.03. The third-order valence-electron chi connectivity index (χ3n) is 5.30. The van der Waals surface area contributed by atoms with Crippen molar-refractivity contribution in [3.63, 3.8) is 0 Å². The highest BCUT2D eigenvalue weighted by Gasteiger charge is 2.27. The monoisotopic (exact) mass is 390 g/mol. The van der Waals surface area contributed by atoms with Crippen LogP contribution < -0.4 is 5.32 Å². The number of piperidine rings is 1. The van der Waals surface area contributed by atoms with E-state index in [4.69, 9.17) is 0 Å². The minimum absolute atomic E-state index is 0.0693. The zero-order valence-electron chi connectivity index (χ0n) is 14.9. The minimum Gasteiger partial charge on any atom is -0.350 e. The average molecular weight is 391 g/mol. The van der Waals surface area contributed by atoms with Crippen molar-refractivity contribution in [2.45, 2.75) is 18.9 Å². The number of thioether (sulfide) groups is 2. The second-order valence-electron chi connectivity index (χ2n) is 7.13. The van der Waals surface area contributed by atoms with Crippen LogP contribution in [0, 0.1) is 5.92 Å². The van der Waals surface area contributed by atoms with Crippen LogP contribution in [0.2, 0.25) is 0 Å². The number of fused-ring (bicyclic) bond motifs is 1. The largest absolute Gasteiger partial charge is 0.350 e. The molecule has 0 spiro atoms. The normalized spacial score (nSPS) is 23.0. The van der Waals surface area contributed by atoms with Gasteiger partial charge in [-0.2, -0.15) is 28.6 Å². The molecule has 3 heterocycles. The van der Waals surface area contributed by atoms with Crippen molar-refractivity contribution < 1.29 is 4.79 Å². The number of aromatic amines is 1. The Balaban J connectivity index is 1.33. The second kappa shape index (κ2) is 8.67. The van der Waals surface area contributed by atoms with Crippen LogP contribution in [0.5, 0.6) is 0 Å². The third kappa shape index (κ3) is 4.21. The molecular weight excluding hydrogens is 364 g/mol. The van der Waals surface area contributed by atoms with E-state index in [1.807, 2.05) is 24.3 Å². The van der Waals surface area contributed by atoms with Crippen LogP contribution in [-0.2, 0) is 0 Å². The number of aromatic nitrogens is 2. The molecular formula is C19H26N4OS2. The first kappa shape index (κ1) is 18.2. The Morgan fingerprint density at radius 2 is 2.08 bits per heavy atom. The van der Waals surface area contributed by atoms with E-state index in [1.54, 1.807) is 0 Å². The van der Waals surface area contributed by atoms with Gasteiger partial charge >= 0.3 is 0 Å². The number of para-hydroxylation sites is 1. The van der Waals surface area contributed by atoms with E-state index >= 15 is 0 Å². The van der Waals surface area contributed by atoms with Crippen LogP contribution in [0.25, 0.3) is 10.9 Å². The lowest BCUT2D eigenvalue weighted by atomic mass is 9.97. The fourth-order valence-corrected chi connectivity index (χ4v) is 6.50. The van der Waals surface area contributed by atoms with Crippen LogP contribution in [0.1, 0.15) is 23.3 Å². The molecule has 7 heteroatoms.